The maximum Gasteiger partial charge on any atom is 0.134 e. The second kappa shape index (κ2) is 9.87. The third-order valence-electron chi connectivity index (χ3n) is 3.29. The van der Waals surface area contributed by atoms with Crippen LogP contribution in [-0.4, -0.2) is 34.1 Å². The predicted molar refractivity (Wildman–Crippen MR) is 95.6 cm³/mol. The molecule has 120 valence electrons. The fourth-order valence-electron chi connectivity index (χ4n) is 2.09. The largest absolute Gasteiger partial charge is 0.370 e. The van der Waals surface area contributed by atoms with Crippen LogP contribution in [0.1, 0.15) is 51.9 Å². The Morgan fingerprint density at radius 1 is 1.14 bits per heavy atom. The summed E-state index contributed by atoms with van der Waals surface area (Å²) < 4.78 is 0. The average molecular weight is 311 g/mol. The molecule has 0 aromatic carbocycles. The van der Waals surface area contributed by atoms with E-state index in [1.54, 1.807) is 0 Å². The summed E-state index contributed by atoms with van der Waals surface area (Å²) in [5.74, 6) is 5.25. The van der Waals surface area contributed by atoms with E-state index in [0.29, 0.717) is 6.04 Å². The number of nitrogens with one attached hydrogen (secondary N) is 2. The molecule has 2 N–H and O–H groups in total. The van der Waals surface area contributed by atoms with E-state index >= 15 is 0 Å². The molecule has 0 bridgehead atoms. The summed E-state index contributed by atoms with van der Waals surface area (Å²) in [5.41, 5.74) is 1.12. The summed E-state index contributed by atoms with van der Waals surface area (Å²) in [6.45, 7) is 11.7. The summed E-state index contributed by atoms with van der Waals surface area (Å²) in [6, 6.07) is 0.432. The highest BCUT2D eigenvalue weighted by Gasteiger charge is 2.12. The van der Waals surface area contributed by atoms with Gasteiger partial charge in [-0.1, -0.05) is 13.8 Å². The molecular formula is C16H30N4S. The Bertz CT molecular complexity index is 423. The Balaban J connectivity index is 2.82. The zero-order chi connectivity index (χ0) is 15.7. The minimum atomic E-state index is 0.432. The van der Waals surface area contributed by atoms with Gasteiger partial charge in [-0.25, -0.2) is 9.97 Å². The van der Waals surface area contributed by atoms with Crippen LogP contribution in [0.3, 0.4) is 0 Å². The van der Waals surface area contributed by atoms with E-state index in [4.69, 9.17) is 4.98 Å². The lowest BCUT2D eigenvalue weighted by Gasteiger charge is -2.18. The highest BCUT2D eigenvalue weighted by atomic mass is 32.2. The first kappa shape index (κ1) is 18.1. The van der Waals surface area contributed by atoms with E-state index in [1.807, 2.05) is 11.8 Å². The standard InChI is InChI=1S/C16H30N4S/c1-6-9-14-19-15(17-7-2)13(5)16(20-14)18-12(4)10-11-21-8-3/h12H,6-11H2,1-5H3,(H2,17,18,19,20). The Morgan fingerprint density at radius 3 is 2.48 bits per heavy atom. The highest BCUT2D eigenvalue weighted by molar-refractivity contribution is 7.99. The van der Waals surface area contributed by atoms with Crippen LogP contribution >= 0.6 is 11.8 Å². The molecule has 4 nitrogen and oxygen atoms in total. The minimum Gasteiger partial charge on any atom is -0.370 e. The molecule has 0 saturated carbocycles. The van der Waals surface area contributed by atoms with Gasteiger partial charge >= 0.3 is 0 Å². The molecule has 1 aromatic rings. The lowest BCUT2D eigenvalue weighted by Crippen LogP contribution is -2.19. The van der Waals surface area contributed by atoms with Gasteiger partial charge in [0.15, 0.2) is 0 Å². The van der Waals surface area contributed by atoms with Crippen molar-refractivity contribution in [1.82, 2.24) is 9.97 Å². The maximum absolute atomic E-state index is 4.70. The van der Waals surface area contributed by atoms with Crippen LogP contribution in [0.25, 0.3) is 0 Å². The van der Waals surface area contributed by atoms with Crippen molar-refractivity contribution in [3.05, 3.63) is 11.4 Å². The predicted octanol–water partition coefficient (Wildman–Crippen LogP) is 4.11. The second-order valence-corrected chi connectivity index (χ2v) is 6.67. The van der Waals surface area contributed by atoms with Crippen molar-refractivity contribution in [1.29, 1.82) is 0 Å². The fraction of sp³-hybridized carbons (Fsp3) is 0.750. The van der Waals surface area contributed by atoms with Gasteiger partial charge < -0.3 is 10.6 Å². The van der Waals surface area contributed by atoms with E-state index in [2.05, 4.69) is 50.2 Å². The minimum absolute atomic E-state index is 0.432. The maximum atomic E-state index is 4.70. The number of hydrogen-bond acceptors (Lipinski definition) is 5. The van der Waals surface area contributed by atoms with E-state index in [0.717, 1.165) is 48.8 Å². The van der Waals surface area contributed by atoms with Gasteiger partial charge in [0.2, 0.25) is 0 Å². The van der Waals surface area contributed by atoms with Crippen molar-refractivity contribution >= 4 is 23.4 Å². The molecule has 0 amide bonds. The molecule has 0 aliphatic carbocycles. The number of hydrogen-bond donors (Lipinski definition) is 2. The smallest absolute Gasteiger partial charge is 0.134 e. The molecule has 0 radical (unpaired) electrons. The molecule has 1 rings (SSSR count). The average Bonchev–Trinajstić information content (AvgIpc) is 2.44. The third-order valence-corrected chi connectivity index (χ3v) is 4.23. The van der Waals surface area contributed by atoms with Gasteiger partial charge in [-0.15, -0.1) is 0 Å². The van der Waals surface area contributed by atoms with Crippen molar-refractivity contribution in [3.63, 3.8) is 0 Å². The third kappa shape index (κ3) is 6.12. The molecule has 0 aliphatic heterocycles. The summed E-state index contributed by atoms with van der Waals surface area (Å²) in [5, 5.41) is 6.91. The number of anilines is 2. The van der Waals surface area contributed by atoms with Crippen LogP contribution in [-0.2, 0) is 6.42 Å². The quantitative estimate of drug-likeness (QED) is 0.637. The van der Waals surface area contributed by atoms with Gasteiger partial charge in [0, 0.05) is 24.6 Å². The number of thioether (sulfide) groups is 1. The molecule has 1 aromatic heterocycles. The number of aryl methyl sites for hydroxylation is 1. The van der Waals surface area contributed by atoms with Gasteiger partial charge in [0.1, 0.15) is 17.5 Å². The van der Waals surface area contributed by atoms with E-state index in [-0.39, 0.29) is 0 Å². The lowest BCUT2D eigenvalue weighted by atomic mass is 10.2. The molecular weight excluding hydrogens is 280 g/mol. The van der Waals surface area contributed by atoms with Crippen molar-refractivity contribution in [2.24, 2.45) is 0 Å². The molecule has 0 fully saturated rings. The Morgan fingerprint density at radius 2 is 1.86 bits per heavy atom. The van der Waals surface area contributed by atoms with Crippen LogP contribution in [0, 0.1) is 6.92 Å². The van der Waals surface area contributed by atoms with Crippen LogP contribution in [0.5, 0.6) is 0 Å². The molecule has 1 unspecified atom stereocenters. The Hall–Kier alpha value is -0.970. The zero-order valence-electron chi connectivity index (χ0n) is 14.1. The lowest BCUT2D eigenvalue weighted by molar-refractivity contribution is 0.756. The number of rotatable bonds is 10. The van der Waals surface area contributed by atoms with Crippen molar-refractivity contribution in [3.8, 4) is 0 Å². The van der Waals surface area contributed by atoms with E-state index in [9.17, 15) is 0 Å². The van der Waals surface area contributed by atoms with E-state index in [1.165, 1.54) is 11.5 Å². The second-order valence-electron chi connectivity index (χ2n) is 5.27. The molecule has 21 heavy (non-hydrogen) atoms. The van der Waals surface area contributed by atoms with Crippen LogP contribution in [0.4, 0.5) is 11.6 Å². The molecule has 0 saturated heterocycles. The Kier molecular flexibility index (Phi) is 8.50. The zero-order valence-corrected chi connectivity index (χ0v) is 14.9. The number of aromatic nitrogens is 2. The first-order chi connectivity index (χ1) is 10.1. The van der Waals surface area contributed by atoms with Crippen molar-refractivity contribution < 1.29 is 0 Å². The van der Waals surface area contributed by atoms with Gasteiger partial charge in [0.05, 0.1) is 0 Å². The SMILES string of the molecule is CCCc1nc(NCC)c(C)c(NC(C)CCSCC)n1. The van der Waals surface area contributed by atoms with Crippen molar-refractivity contribution in [2.75, 3.05) is 28.7 Å². The van der Waals surface area contributed by atoms with E-state index < -0.39 is 0 Å². The molecule has 1 heterocycles. The molecule has 1 atom stereocenters. The monoisotopic (exact) mass is 310 g/mol. The summed E-state index contributed by atoms with van der Waals surface area (Å²) in [6.07, 6.45) is 3.14. The Labute approximate surface area is 133 Å². The van der Waals surface area contributed by atoms with Crippen LogP contribution in [0.15, 0.2) is 0 Å². The van der Waals surface area contributed by atoms with Gasteiger partial charge in [-0.05, 0) is 45.1 Å². The van der Waals surface area contributed by atoms with Gasteiger partial charge in [-0.3, -0.25) is 0 Å². The van der Waals surface area contributed by atoms with Gasteiger partial charge in [0.25, 0.3) is 0 Å². The molecule has 0 aliphatic rings. The van der Waals surface area contributed by atoms with Crippen LogP contribution in [0.2, 0.25) is 0 Å². The fourth-order valence-corrected chi connectivity index (χ4v) is 2.90. The normalized spacial score (nSPS) is 12.2. The van der Waals surface area contributed by atoms with Crippen molar-refractivity contribution in [2.45, 2.75) is 59.9 Å². The molecule has 5 heteroatoms. The summed E-state index contributed by atoms with van der Waals surface area (Å²) in [4.78, 5) is 9.33. The first-order valence-corrected chi connectivity index (χ1v) is 9.23. The summed E-state index contributed by atoms with van der Waals surface area (Å²) >= 11 is 1.99. The highest BCUT2D eigenvalue weighted by Crippen LogP contribution is 2.22. The molecule has 0 spiro atoms. The topological polar surface area (TPSA) is 49.8 Å². The van der Waals surface area contributed by atoms with Gasteiger partial charge in [-0.2, -0.15) is 11.8 Å². The first-order valence-electron chi connectivity index (χ1n) is 8.07. The van der Waals surface area contributed by atoms with Crippen LogP contribution < -0.4 is 10.6 Å². The number of nitrogens with zero attached hydrogens (tertiary/aromatic N) is 2. The summed E-state index contributed by atoms with van der Waals surface area (Å²) in [7, 11) is 0.